The molecule has 0 fully saturated rings. The number of rotatable bonds is 5. The average Bonchev–Trinajstić information content (AvgIpc) is 2.40. The number of nitrogens with one attached hydrogen (secondary N) is 2. The van der Waals surface area contributed by atoms with E-state index in [1.54, 1.807) is 0 Å². The van der Waals surface area contributed by atoms with Gasteiger partial charge in [-0.05, 0) is 24.6 Å². The lowest BCUT2D eigenvalue weighted by molar-refractivity contribution is -0.120. The Hall–Kier alpha value is -2.24. The molecule has 0 saturated carbocycles. The van der Waals surface area contributed by atoms with Gasteiger partial charge in [0.1, 0.15) is 11.6 Å². The molecule has 1 heterocycles. The molecule has 2 aromatic rings. The van der Waals surface area contributed by atoms with E-state index in [1.807, 2.05) is 6.92 Å². The van der Waals surface area contributed by atoms with Crippen LogP contribution in [0.1, 0.15) is 25.6 Å². The van der Waals surface area contributed by atoms with Crippen molar-refractivity contribution in [1.29, 1.82) is 0 Å². The van der Waals surface area contributed by atoms with Gasteiger partial charge in [0.25, 0.3) is 5.56 Å². The second-order valence-electron chi connectivity index (χ2n) is 4.55. The molecule has 2 rings (SSSR count). The van der Waals surface area contributed by atoms with Gasteiger partial charge >= 0.3 is 0 Å². The third kappa shape index (κ3) is 3.40. The fraction of sp³-hybridized carbons (Fsp3) is 0.357. The highest BCUT2D eigenvalue weighted by Gasteiger charge is 2.08. The largest absolute Gasteiger partial charge is 0.356 e. The minimum absolute atomic E-state index is 0.00622. The highest BCUT2D eigenvalue weighted by molar-refractivity contribution is 5.80. The van der Waals surface area contributed by atoms with E-state index >= 15 is 0 Å². The second-order valence-corrected chi connectivity index (χ2v) is 4.55. The Balaban J connectivity index is 2.17. The number of halogens is 1. The normalized spacial score (nSPS) is 10.7. The number of unbranched alkanes of at least 4 members (excludes halogenated alkanes) is 1. The first-order valence-corrected chi connectivity index (χ1v) is 6.55. The predicted molar refractivity (Wildman–Crippen MR) is 73.9 cm³/mol. The van der Waals surface area contributed by atoms with E-state index in [0.29, 0.717) is 12.1 Å². The smallest absolute Gasteiger partial charge is 0.258 e. The van der Waals surface area contributed by atoms with Crippen molar-refractivity contribution in [3.05, 3.63) is 40.2 Å². The number of H-pyrrole nitrogens is 1. The Morgan fingerprint density at radius 3 is 3.00 bits per heavy atom. The van der Waals surface area contributed by atoms with Crippen molar-refractivity contribution in [3.8, 4) is 0 Å². The summed E-state index contributed by atoms with van der Waals surface area (Å²) in [6.45, 7) is 2.64. The summed E-state index contributed by atoms with van der Waals surface area (Å²) in [6.07, 6.45) is 1.91. The number of carbonyl (C=O) groups is 1. The zero-order chi connectivity index (χ0) is 14.5. The fourth-order valence-corrected chi connectivity index (χ4v) is 1.86. The summed E-state index contributed by atoms with van der Waals surface area (Å²) in [5.74, 6) is -0.402. The van der Waals surface area contributed by atoms with Crippen molar-refractivity contribution in [2.45, 2.75) is 26.2 Å². The number of hydrogen-bond donors (Lipinski definition) is 2. The molecule has 0 aliphatic heterocycles. The maximum Gasteiger partial charge on any atom is 0.258 e. The van der Waals surface area contributed by atoms with E-state index in [4.69, 9.17) is 0 Å². The highest BCUT2D eigenvalue weighted by Crippen LogP contribution is 2.09. The van der Waals surface area contributed by atoms with E-state index in [-0.39, 0.29) is 23.5 Å². The monoisotopic (exact) mass is 277 g/mol. The van der Waals surface area contributed by atoms with Crippen LogP contribution in [-0.4, -0.2) is 22.4 Å². The molecule has 0 radical (unpaired) electrons. The van der Waals surface area contributed by atoms with Gasteiger partial charge in [-0.3, -0.25) is 9.59 Å². The van der Waals surface area contributed by atoms with Crippen LogP contribution in [0.2, 0.25) is 0 Å². The van der Waals surface area contributed by atoms with E-state index in [9.17, 15) is 14.0 Å². The number of amides is 1. The molecule has 0 bridgehead atoms. The molecule has 20 heavy (non-hydrogen) atoms. The molecule has 106 valence electrons. The minimum atomic E-state index is -0.491. The number of fused-ring (bicyclic) bond motifs is 1. The number of nitrogens with zero attached hydrogens (tertiary/aromatic N) is 1. The quantitative estimate of drug-likeness (QED) is 0.814. The van der Waals surface area contributed by atoms with Crippen molar-refractivity contribution in [2.24, 2.45) is 0 Å². The zero-order valence-electron chi connectivity index (χ0n) is 11.2. The van der Waals surface area contributed by atoms with Crippen LogP contribution in [0, 0.1) is 5.82 Å². The SMILES string of the molecule is CCCCNC(=O)Cc1nc2ccc(F)cc2c(=O)[nH]1. The first-order chi connectivity index (χ1) is 9.60. The summed E-state index contributed by atoms with van der Waals surface area (Å²) in [7, 11) is 0. The zero-order valence-corrected chi connectivity index (χ0v) is 11.2. The fourth-order valence-electron chi connectivity index (χ4n) is 1.86. The topological polar surface area (TPSA) is 74.8 Å². The summed E-state index contributed by atoms with van der Waals surface area (Å²) in [5, 5.41) is 2.93. The summed E-state index contributed by atoms with van der Waals surface area (Å²) in [5.41, 5.74) is -0.0580. The van der Waals surface area contributed by atoms with E-state index in [1.165, 1.54) is 12.1 Å². The standard InChI is InChI=1S/C14H16FN3O2/c1-2-3-6-16-13(19)8-12-17-11-5-4-9(15)7-10(11)14(20)18-12/h4-5,7H,2-3,6,8H2,1H3,(H,16,19)(H,17,18,20). The second kappa shape index (κ2) is 6.27. The molecule has 6 heteroatoms. The lowest BCUT2D eigenvalue weighted by Gasteiger charge is -2.05. The molecular weight excluding hydrogens is 261 g/mol. The van der Waals surface area contributed by atoms with E-state index in [0.717, 1.165) is 18.9 Å². The third-order valence-corrected chi connectivity index (χ3v) is 2.90. The molecular formula is C14H16FN3O2. The number of benzene rings is 1. The van der Waals surface area contributed by atoms with Gasteiger partial charge in [-0.1, -0.05) is 13.3 Å². The van der Waals surface area contributed by atoms with Gasteiger partial charge in [0.15, 0.2) is 0 Å². The maximum atomic E-state index is 13.1. The van der Waals surface area contributed by atoms with Gasteiger partial charge in [-0.25, -0.2) is 9.37 Å². The van der Waals surface area contributed by atoms with Crippen LogP contribution in [0.25, 0.3) is 10.9 Å². The first-order valence-electron chi connectivity index (χ1n) is 6.55. The predicted octanol–water partition coefficient (Wildman–Crippen LogP) is 1.52. The van der Waals surface area contributed by atoms with E-state index in [2.05, 4.69) is 15.3 Å². The van der Waals surface area contributed by atoms with Crippen molar-refractivity contribution in [3.63, 3.8) is 0 Å². The number of carbonyl (C=O) groups excluding carboxylic acids is 1. The molecule has 2 N–H and O–H groups in total. The molecule has 1 aromatic heterocycles. The Bertz CT molecular complexity index is 682. The summed E-state index contributed by atoms with van der Waals surface area (Å²) in [4.78, 5) is 30.1. The highest BCUT2D eigenvalue weighted by atomic mass is 19.1. The van der Waals surface area contributed by atoms with Gasteiger partial charge in [-0.2, -0.15) is 0 Å². The summed E-state index contributed by atoms with van der Waals surface area (Å²) < 4.78 is 13.1. The molecule has 0 spiro atoms. The van der Waals surface area contributed by atoms with Crippen LogP contribution in [0.4, 0.5) is 4.39 Å². The van der Waals surface area contributed by atoms with E-state index < -0.39 is 11.4 Å². The van der Waals surface area contributed by atoms with Crippen molar-refractivity contribution >= 4 is 16.8 Å². The van der Waals surface area contributed by atoms with Gasteiger partial charge < -0.3 is 10.3 Å². The summed E-state index contributed by atoms with van der Waals surface area (Å²) in [6, 6.07) is 3.80. The molecule has 1 aromatic carbocycles. The first kappa shape index (κ1) is 14.2. The molecule has 0 atom stereocenters. The number of hydrogen-bond acceptors (Lipinski definition) is 3. The van der Waals surface area contributed by atoms with Crippen molar-refractivity contribution < 1.29 is 9.18 Å². The Kier molecular flexibility index (Phi) is 4.45. The summed E-state index contributed by atoms with van der Waals surface area (Å²) >= 11 is 0. The van der Waals surface area contributed by atoms with Crippen LogP contribution in [0.5, 0.6) is 0 Å². The van der Waals surface area contributed by atoms with Gasteiger partial charge in [-0.15, -0.1) is 0 Å². The van der Waals surface area contributed by atoms with Crippen LogP contribution in [-0.2, 0) is 11.2 Å². The van der Waals surface area contributed by atoms with Crippen LogP contribution in [0.3, 0.4) is 0 Å². The molecule has 0 aliphatic carbocycles. The Labute approximate surface area is 115 Å². The molecule has 0 unspecified atom stereocenters. The van der Waals surface area contributed by atoms with Crippen LogP contribution < -0.4 is 10.9 Å². The molecule has 5 nitrogen and oxygen atoms in total. The van der Waals surface area contributed by atoms with Gasteiger partial charge in [0.05, 0.1) is 17.3 Å². The number of aromatic amines is 1. The number of aromatic nitrogens is 2. The Morgan fingerprint density at radius 1 is 1.45 bits per heavy atom. The lowest BCUT2D eigenvalue weighted by atomic mass is 10.2. The van der Waals surface area contributed by atoms with Gasteiger partial charge in [0, 0.05) is 6.54 Å². The van der Waals surface area contributed by atoms with Crippen molar-refractivity contribution in [1.82, 2.24) is 15.3 Å². The molecule has 1 amide bonds. The third-order valence-electron chi connectivity index (χ3n) is 2.90. The van der Waals surface area contributed by atoms with Crippen LogP contribution >= 0.6 is 0 Å². The minimum Gasteiger partial charge on any atom is -0.356 e. The van der Waals surface area contributed by atoms with Crippen LogP contribution in [0.15, 0.2) is 23.0 Å². The molecule has 0 saturated heterocycles. The molecule has 0 aliphatic rings. The maximum absolute atomic E-state index is 13.1. The lowest BCUT2D eigenvalue weighted by Crippen LogP contribution is -2.27. The van der Waals surface area contributed by atoms with Crippen molar-refractivity contribution in [2.75, 3.05) is 6.54 Å². The average molecular weight is 277 g/mol. The Morgan fingerprint density at radius 2 is 2.25 bits per heavy atom. The van der Waals surface area contributed by atoms with Gasteiger partial charge in [0.2, 0.25) is 5.91 Å².